The van der Waals surface area contributed by atoms with Crippen molar-refractivity contribution in [2.24, 2.45) is 5.92 Å². The maximum absolute atomic E-state index is 11.9. The van der Waals surface area contributed by atoms with Gasteiger partial charge < -0.3 is 10.2 Å². The molecule has 2 amide bonds. The maximum atomic E-state index is 11.9. The van der Waals surface area contributed by atoms with Crippen LogP contribution in [0.15, 0.2) is 16.8 Å². The summed E-state index contributed by atoms with van der Waals surface area (Å²) in [6.45, 7) is 3.26. The fourth-order valence-corrected chi connectivity index (χ4v) is 2.89. The molecule has 5 heteroatoms. The summed E-state index contributed by atoms with van der Waals surface area (Å²) in [7, 11) is 1.74. The second-order valence-corrected chi connectivity index (χ2v) is 5.66. The summed E-state index contributed by atoms with van der Waals surface area (Å²) in [5.41, 5.74) is 1.25. The van der Waals surface area contributed by atoms with Gasteiger partial charge in [-0.3, -0.25) is 9.59 Å². The summed E-state index contributed by atoms with van der Waals surface area (Å²) in [5.74, 6) is 0.183. The van der Waals surface area contributed by atoms with Crippen LogP contribution in [-0.2, 0) is 9.59 Å². The molecule has 1 aromatic rings. The van der Waals surface area contributed by atoms with Gasteiger partial charge in [-0.2, -0.15) is 11.3 Å². The van der Waals surface area contributed by atoms with Gasteiger partial charge in [0.05, 0.1) is 5.92 Å². The first-order valence-corrected chi connectivity index (χ1v) is 7.06. The molecule has 2 atom stereocenters. The van der Waals surface area contributed by atoms with Crippen LogP contribution in [-0.4, -0.2) is 36.9 Å². The first-order valence-electron chi connectivity index (χ1n) is 6.11. The Kier molecular flexibility index (Phi) is 4.01. The van der Waals surface area contributed by atoms with Crippen LogP contribution in [0.4, 0.5) is 0 Å². The SMILES string of the molecule is C[C@@H](CNC(=O)[C@H]1CC(=O)N(C)C1)c1ccsc1. The quantitative estimate of drug-likeness (QED) is 0.896. The highest BCUT2D eigenvalue weighted by Gasteiger charge is 2.31. The summed E-state index contributed by atoms with van der Waals surface area (Å²) in [4.78, 5) is 24.9. The van der Waals surface area contributed by atoms with Crippen molar-refractivity contribution in [3.05, 3.63) is 22.4 Å². The average Bonchev–Trinajstić information content (AvgIpc) is 2.97. The highest BCUT2D eigenvalue weighted by atomic mass is 32.1. The third kappa shape index (κ3) is 2.90. The molecule has 0 aromatic carbocycles. The molecule has 1 saturated heterocycles. The maximum Gasteiger partial charge on any atom is 0.225 e. The Morgan fingerprint density at radius 1 is 1.67 bits per heavy atom. The Morgan fingerprint density at radius 3 is 3.00 bits per heavy atom. The smallest absolute Gasteiger partial charge is 0.225 e. The Morgan fingerprint density at radius 2 is 2.44 bits per heavy atom. The van der Waals surface area contributed by atoms with Gasteiger partial charge in [0.15, 0.2) is 0 Å². The highest BCUT2D eigenvalue weighted by molar-refractivity contribution is 7.07. The van der Waals surface area contributed by atoms with Crippen LogP contribution in [0, 0.1) is 5.92 Å². The van der Waals surface area contributed by atoms with Crippen molar-refractivity contribution in [2.75, 3.05) is 20.1 Å². The molecule has 18 heavy (non-hydrogen) atoms. The predicted molar refractivity (Wildman–Crippen MR) is 71.5 cm³/mol. The fourth-order valence-electron chi connectivity index (χ4n) is 2.11. The number of carbonyl (C=O) groups is 2. The lowest BCUT2D eigenvalue weighted by Gasteiger charge is -2.14. The Hall–Kier alpha value is -1.36. The summed E-state index contributed by atoms with van der Waals surface area (Å²) in [6.07, 6.45) is 0.342. The van der Waals surface area contributed by atoms with E-state index in [2.05, 4.69) is 23.7 Å². The van der Waals surface area contributed by atoms with E-state index in [1.54, 1.807) is 23.3 Å². The van der Waals surface area contributed by atoms with Crippen molar-refractivity contribution in [1.82, 2.24) is 10.2 Å². The fraction of sp³-hybridized carbons (Fsp3) is 0.538. The van der Waals surface area contributed by atoms with E-state index in [-0.39, 0.29) is 17.7 Å². The van der Waals surface area contributed by atoms with Crippen LogP contribution in [0.3, 0.4) is 0 Å². The molecule has 1 aliphatic heterocycles. The van der Waals surface area contributed by atoms with E-state index < -0.39 is 0 Å². The number of rotatable bonds is 4. The molecule has 1 aromatic heterocycles. The van der Waals surface area contributed by atoms with E-state index in [1.807, 2.05) is 5.38 Å². The molecule has 98 valence electrons. The van der Waals surface area contributed by atoms with Gasteiger partial charge in [-0.25, -0.2) is 0 Å². The molecule has 1 N–H and O–H groups in total. The lowest BCUT2D eigenvalue weighted by molar-refractivity contribution is -0.128. The van der Waals surface area contributed by atoms with Crippen LogP contribution in [0.25, 0.3) is 0 Å². The Labute approximate surface area is 111 Å². The van der Waals surface area contributed by atoms with Crippen LogP contribution in [0.2, 0.25) is 0 Å². The van der Waals surface area contributed by atoms with Crippen LogP contribution in [0.5, 0.6) is 0 Å². The second kappa shape index (κ2) is 5.52. The zero-order valence-electron chi connectivity index (χ0n) is 10.7. The summed E-state index contributed by atoms with van der Waals surface area (Å²) in [5, 5.41) is 7.08. The number of hydrogen-bond donors (Lipinski definition) is 1. The minimum Gasteiger partial charge on any atom is -0.355 e. The summed E-state index contributed by atoms with van der Waals surface area (Å²) in [6, 6.07) is 2.08. The molecule has 0 spiro atoms. The van der Waals surface area contributed by atoms with Crippen molar-refractivity contribution in [3.8, 4) is 0 Å². The second-order valence-electron chi connectivity index (χ2n) is 4.88. The number of thiophene rings is 1. The molecule has 0 bridgehead atoms. The number of hydrogen-bond acceptors (Lipinski definition) is 3. The zero-order valence-corrected chi connectivity index (χ0v) is 11.5. The molecular formula is C13H18N2O2S. The van der Waals surface area contributed by atoms with E-state index in [1.165, 1.54) is 5.56 Å². The van der Waals surface area contributed by atoms with E-state index in [0.717, 1.165) is 0 Å². The highest BCUT2D eigenvalue weighted by Crippen LogP contribution is 2.19. The lowest BCUT2D eigenvalue weighted by Crippen LogP contribution is -2.34. The summed E-state index contributed by atoms with van der Waals surface area (Å²) >= 11 is 1.66. The van der Waals surface area contributed by atoms with E-state index in [0.29, 0.717) is 25.4 Å². The summed E-state index contributed by atoms with van der Waals surface area (Å²) < 4.78 is 0. The molecule has 2 rings (SSSR count). The van der Waals surface area contributed by atoms with Crippen molar-refractivity contribution >= 4 is 23.2 Å². The molecule has 4 nitrogen and oxygen atoms in total. The molecular weight excluding hydrogens is 248 g/mol. The Bertz CT molecular complexity index is 430. The third-order valence-electron chi connectivity index (χ3n) is 3.41. The third-order valence-corrected chi connectivity index (χ3v) is 4.11. The van der Waals surface area contributed by atoms with Crippen LogP contribution >= 0.6 is 11.3 Å². The van der Waals surface area contributed by atoms with Gasteiger partial charge in [0.25, 0.3) is 0 Å². The van der Waals surface area contributed by atoms with Gasteiger partial charge in [-0.05, 0) is 28.3 Å². The Balaban J connectivity index is 1.80. The van der Waals surface area contributed by atoms with Gasteiger partial charge in [0.1, 0.15) is 0 Å². The van der Waals surface area contributed by atoms with E-state index in [4.69, 9.17) is 0 Å². The van der Waals surface area contributed by atoms with Gasteiger partial charge in [0, 0.05) is 26.6 Å². The minimum atomic E-state index is -0.183. The lowest BCUT2D eigenvalue weighted by atomic mass is 10.0. The number of amides is 2. The molecule has 1 fully saturated rings. The topological polar surface area (TPSA) is 49.4 Å². The molecule has 0 unspecified atom stereocenters. The number of carbonyl (C=O) groups excluding carboxylic acids is 2. The first kappa shape index (κ1) is 13.1. The molecule has 0 aliphatic carbocycles. The standard InChI is InChI=1S/C13H18N2O2S/c1-9(10-3-4-18-8-10)6-14-13(17)11-5-12(16)15(2)7-11/h3-4,8-9,11H,5-7H2,1-2H3,(H,14,17)/t9-,11-/m0/s1. The van der Waals surface area contributed by atoms with Crippen molar-refractivity contribution in [2.45, 2.75) is 19.3 Å². The normalized spacial score (nSPS) is 21.1. The van der Waals surface area contributed by atoms with Gasteiger partial charge in [0.2, 0.25) is 11.8 Å². The number of nitrogens with zero attached hydrogens (tertiary/aromatic N) is 1. The zero-order chi connectivity index (χ0) is 13.1. The van der Waals surface area contributed by atoms with E-state index in [9.17, 15) is 9.59 Å². The van der Waals surface area contributed by atoms with E-state index >= 15 is 0 Å². The monoisotopic (exact) mass is 266 g/mol. The largest absolute Gasteiger partial charge is 0.355 e. The first-order chi connectivity index (χ1) is 8.58. The van der Waals surface area contributed by atoms with Crippen LogP contribution < -0.4 is 5.32 Å². The molecule has 1 aliphatic rings. The van der Waals surface area contributed by atoms with Gasteiger partial charge >= 0.3 is 0 Å². The van der Waals surface area contributed by atoms with Gasteiger partial charge in [-0.1, -0.05) is 6.92 Å². The molecule has 2 heterocycles. The molecule has 0 saturated carbocycles. The number of nitrogens with one attached hydrogen (secondary N) is 1. The molecule has 0 radical (unpaired) electrons. The van der Waals surface area contributed by atoms with Crippen molar-refractivity contribution < 1.29 is 9.59 Å². The van der Waals surface area contributed by atoms with Gasteiger partial charge in [-0.15, -0.1) is 0 Å². The predicted octanol–water partition coefficient (Wildman–Crippen LogP) is 1.45. The van der Waals surface area contributed by atoms with Crippen molar-refractivity contribution in [1.29, 1.82) is 0 Å². The number of likely N-dealkylation sites (tertiary alicyclic amines) is 1. The van der Waals surface area contributed by atoms with Crippen molar-refractivity contribution in [3.63, 3.8) is 0 Å². The van der Waals surface area contributed by atoms with Crippen LogP contribution in [0.1, 0.15) is 24.8 Å². The minimum absolute atomic E-state index is 0.00483. The average molecular weight is 266 g/mol.